The molecule has 4 heterocycles. The van der Waals surface area contributed by atoms with E-state index < -0.39 is 17.2 Å². The van der Waals surface area contributed by atoms with E-state index in [1.54, 1.807) is 0 Å². The molecule has 2 atom stereocenters. The number of nitrogens with one attached hydrogen (secondary N) is 3. The third-order valence-electron chi connectivity index (χ3n) is 7.50. The molecule has 1 aromatic carbocycles. The molecule has 4 aliphatic rings. The number of amides is 2. The van der Waals surface area contributed by atoms with E-state index in [0.29, 0.717) is 49.2 Å². The van der Waals surface area contributed by atoms with Crippen LogP contribution in [0.5, 0.6) is 0 Å². The van der Waals surface area contributed by atoms with Gasteiger partial charge in [0.2, 0.25) is 5.91 Å². The Hall–Kier alpha value is -2.75. The van der Waals surface area contributed by atoms with Gasteiger partial charge in [0.1, 0.15) is 22.5 Å². The minimum atomic E-state index is -0.452. The number of imidazole rings is 1. The first-order valence-corrected chi connectivity index (χ1v) is 11.3. The highest BCUT2D eigenvalue weighted by Crippen LogP contribution is 2.38. The summed E-state index contributed by atoms with van der Waals surface area (Å²) in [5.41, 5.74) is 0.580. The normalized spacial score (nSPS) is 25.4. The van der Waals surface area contributed by atoms with Gasteiger partial charge in [-0.2, -0.15) is 0 Å². The summed E-state index contributed by atoms with van der Waals surface area (Å²) in [5.74, 6) is -0.413. The maximum atomic E-state index is 15.3. The molecule has 3 fully saturated rings. The number of ether oxygens (including phenoxy) is 1. The smallest absolute Gasteiger partial charge is 0.407 e. The summed E-state index contributed by atoms with van der Waals surface area (Å²) in [6.07, 6.45) is 3.11. The highest BCUT2D eigenvalue weighted by Gasteiger charge is 2.43. The number of piperidine rings is 1. The van der Waals surface area contributed by atoms with Crippen LogP contribution in [0, 0.1) is 17.6 Å². The Morgan fingerprint density at radius 1 is 1.12 bits per heavy atom. The Labute approximate surface area is 183 Å². The van der Waals surface area contributed by atoms with Crippen LogP contribution in [0.3, 0.4) is 0 Å². The zero-order valence-corrected chi connectivity index (χ0v) is 17.6. The minimum absolute atomic E-state index is 0.0218. The Bertz CT molecular complexity index is 1080. The van der Waals surface area contributed by atoms with Crippen LogP contribution in [-0.2, 0) is 22.4 Å². The number of halogens is 2. The van der Waals surface area contributed by atoms with Gasteiger partial charge in [-0.15, -0.1) is 0 Å². The molecule has 170 valence electrons. The van der Waals surface area contributed by atoms with E-state index in [-0.39, 0.29) is 35.0 Å². The Kier molecular flexibility index (Phi) is 4.43. The van der Waals surface area contributed by atoms with Crippen molar-refractivity contribution < 1.29 is 23.1 Å². The van der Waals surface area contributed by atoms with Crippen LogP contribution in [0.4, 0.5) is 13.6 Å². The van der Waals surface area contributed by atoms with Crippen LogP contribution in [0.15, 0.2) is 0 Å². The third kappa shape index (κ3) is 3.15. The lowest BCUT2D eigenvalue weighted by Gasteiger charge is -2.38. The number of rotatable bonds is 3. The van der Waals surface area contributed by atoms with E-state index in [0.717, 1.165) is 32.5 Å². The molecule has 0 radical (unpaired) electrons. The molecule has 2 amide bonds. The molecule has 6 rings (SSSR count). The molecule has 10 heteroatoms. The number of alkyl carbamates (subject to hydrolysis) is 1. The van der Waals surface area contributed by atoms with E-state index in [4.69, 9.17) is 4.74 Å². The van der Waals surface area contributed by atoms with Gasteiger partial charge in [-0.3, -0.25) is 4.79 Å². The largest absolute Gasteiger partial charge is 0.441 e. The van der Waals surface area contributed by atoms with Gasteiger partial charge in [0.25, 0.3) is 0 Å². The van der Waals surface area contributed by atoms with Crippen molar-refractivity contribution in [2.75, 3.05) is 26.2 Å². The van der Waals surface area contributed by atoms with Crippen LogP contribution in [0.25, 0.3) is 11.0 Å². The zero-order chi connectivity index (χ0) is 22.0. The number of aromatic nitrogens is 2. The first-order chi connectivity index (χ1) is 15.4. The number of fused-ring (bicyclic) bond motifs is 2. The topological polar surface area (TPSA) is 99.4 Å². The molecular weight excluding hydrogens is 420 g/mol. The standard InChI is InChI=1S/C22H25F2N5O3/c23-16-12-7-11(9-29-5-3-22(4-6-29)10-25-21(31)32-22)8-13(12)17(24)19-18(16)27-20(28-19)14-1-2-15(30)26-14/h11,14H,1-10H2,(H,25,31)(H,26,30)(H,27,28)/t14-/m0/s1. The lowest BCUT2D eigenvalue weighted by Crippen LogP contribution is -2.47. The average molecular weight is 445 g/mol. The Morgan fingerprint density at radius 2 is 1.88 bits per heavy atom. The van der Waals surface area contributed by atoms with Crippen molar-refractivity contribution in [1.29, 1.82) is 0 Å². The summed E-state index contributed by atoms with van der Waals surface area (Å²) in [5, 5.41) is 5.52. The van der Waals surface area contributed by atoms with Crippen molar-refractivity contribution in [3.05, 3.63) is 28.6 Å². The maximum Gasteiger partial charge on any atom is 0.407 e. The van der Waals surface area contributed by atoms with Gasteiger partial charge >= 0.3 is 6.09 Å². The monoisotopic (exact) mass is 445 g/mol. The van der Waals surface area contributed by atoms with Crippen LogP contribution < -0.4 is 10.6 Å². The van der Waals surface area contributed by atoms with Gasteiger partial charge in [0.05, 0.1) is 12.6 Å². The molecule has 8 nitrogen and oxygen atoms in total. The second-order valence-corrected chi connectivity index (χ2v) is 9.59. The third-order valence-corrected chi connectivity index (χ3v) is 7.50. The molecule has 1 aromatic heterocycles. The van der Waals surface area contributed by atoms with E-state index in [2.05, 4.69) is 25.5 Å². The molecule has 3 N–H and O–H groups in total. The Morgan fingerprint density at radius 3 is 2.53 bits per heavy atom. The number of carbonyl (C=O) groups excluding carboxylic acids is 2. The zero-order valence-electron chi connectivity index (χ0n) is 17.6. The van der Waals surface area contributed by atoms with Crippen LogP contribution >= 0.6 is 0 Å². The van der Waals surface area contributed by atoms with Crippen LogP contribution in [0.1, 0.15) is 48.7 Å². The molecule has 3 saturated heterocycles. The van der Waals surface area contributed by atoms with Crippen LogP contribution in [0.2, 0.25) is 0 Å². The SMILES string of the molecule is O=C1CC[C@@H](c2nc3c(F)c4c(c(F)c3[nH]2)CC(CN2CCC3(CC2)CNC(=O)O3)C4)N1. The summed E-state index contributed by atoms with van der Waals surface area (Å²) in [4.78, 5) is 32.4. The van der Waals surface area contributed by atoms with Crippen molar-refractivity contribution in [2.24, 2.45) is 5.92 Å². The predicted molar refractivity (Wildman–Crippen MR) is 110 cm³/mol. The highest BCUT2D eigenvalue weighted by atomic mass is 19.1. The number of hydrogen-bond donors (Lipinski definition) is 3. The first kappa shape index (κ1) is 19.9. The minimum Gasteiger partial charge on any atom is -0.441 e. The van der Waals surface area contributed by atoms with Gasteiger partial charge in [0, 0.05) is 38.9 Å². The molecule has 0 saturated carbocycles. The van der Waals surface area contributed by atoms with Crippen molar-refractivity contribution in [2.45, 2.75) is 50.2 Å². The van der Waals surface area contributed by atoms with Crippen molar-refractivity contribution in [1.82, 2.24) is 25.5 Å². The van der Waals surface area contributed by atoms with Crippen LogP contribution in [-0.4, -0.2) is 58.6 Å². The molecule has 2 aromatic rings. The fourth-order valence-corrected chi connectivity index (χ4v) is 5.75. The van der Waals surface area contributed by atoms with Gasteiger partial charge in [-0.25, -0.2) is 18.6 Å². The molecule has 1 spiro atoms. The number of H-pyrrole nitrogens is 1. The number of aromatic amines is 1. The second kappa shape index (κ2) is 7.13. The quantitative estimate of drug-likeness (QED) is 0.672. The highest BCUT2D eigenvalue weighted by molar-refractivity contribution is 5.81. The van der Waals surface area contributed by atoms with Crippen molar-refractivity contribution >= 4 is 23.0 Å². The fourth-order valence-electron chi connectivity index (χ4n) is 5.75. The van der Waals surface area contributed by atoms with Gasteiger partial charge in [0.15, 0.2) is 11.6 Å². The number of likely N-dealkylation sites (tertiary alicyclic amines) is 1. The predicted octanol–water partition coefficient (Wildman–Crippen LogP) is 2.08. The van der Waals surface area contributed by atoms with Gasteiger partial charge < -0.3 is 25.3 Å². The molecule has 1 unspecified atom stereocenters. The number of nitrogens with zero attached hydrogens (tertiary/aromatic N) is 2. The summed E-state index contributed by atoms with van der Waals surface area (Å²) in [7, 11) is 0. The van der Waals surface area contributed by atoms with E-state index in [1.165, 1.54) is 0 Å². The first-order valence-electron chi connectivity index (χ1n) is 11.3. The lowest BCUT2D eigenvalue weighted by molar-refractivity contribution is -0.119. The Balaban J connectivity index is 1.17. The summed E-state index contributed by atoms with van der Waals surface area (Å²) < 4.78 is 36.1. The van der Waals surface area contributed by atoms with E-state index >= 15 is 8.78 Å². The summed E-state index contributed by atoms with van der Waals surface area (Å²) in [6.45, 7) is 2.90. The fraction of sp³-hybridized carbons (Fsp3) is 0.591. The molecule has 1 aliphatic carbocycles. The van der Waals surface area contributed by atoms with Crippen molar-refractivity contribution in [3.63, 3.8) is 0 Å². The van der Waals surface area contributed by atoms with E-state index in [1.807, 2.05) is 0 Å². The molecular formula is C22H25F2N5O3. The van der Waals surface area contributed by atoms with E-state index in [9.17, 15) is 9.59 Å². The summed E-state index contributed by atoms with van der Waals surface area (Å²) >= 11 is 0. The average Bonchev–Trinajstić information content (AvgIpc) is 3.55. The lowest BCUT2D eigenvalue weighted by atomic mass is 9.91. The molecule has 32 heavy (non-hydrogen) atoms. The number of benzene rings is 1. The second-order valence-electron chi connectivity index (χ2n) is 9.59. The van der Waals surface area contributed by atoms with Gasteiger partial charge in [-0.1, -0.05) is 0 Å². The molecule has 0 bridgehead atoms. The summed E-state index contributed by atoms with van der Waals surface area (Å²) in [6, 6.07) is -0.326. The molecule has 3 aliphatic heterocycles. The maximum absolute atomic E-state index is 15.3. The van der Waals surface area contributed by atoms with Crippen molar-refractivity contribution in [3.8, 4) is 0 Å². The van der Waals surface area contributed by atoms with Gasteiger partial charge in [-0.05, 0) is 36.3 Å². The number of hydrogen-bond acceptors (Lipinski definition) is 5. The number of carbonyl (C=O) groups is 2.